The standard InChI is InChI=1S/C24H37N3O2/c1-3-19-8-10-21(11-9-19)17-26-24(29)27-14-12-22(13-15-27)23(28)25-16-20-6-4-18(2)5-7-20/h4-7,19,21-22H,3,8-17H2,1-2H3,(H,25,28)(H,26,29). The number of nitrogens with one attached hydrogen (secondary N) is 2. The molecule has 1 aliphatic heterocycles. The molecular formula is C24H37N3O2. The van der Waals surface area contributed by atoms with E-state index in [9.17, 15) is 9.59 Å². The van der Waals surface area contributed by atoms with Crippen LogP contribution in [0, 0.1) is 24.7 Å². The van der Waals surface area contributed by atoms with Crippen molar-refractivity contribution in [3.05, 3.63) is 35.4 Å². The predicted octanol–water partition coefficient (Wildman–Crippen LogP) is 4.25. The summed E-state index contributed by atoms with van der Waals surface area (Å²) in [6.45, 7) is 7.03. The molecule has 0 aromatic heterocycles. The van der Waals surface area contributed by atoms with Crippen molar-refractivity contribution in [3.63, 3.8) is 0 Å². The number of hydrogen-bond donors (Lipinski definition) is 2. The number of urea groups is 1. The van der Waals surface area contributed by atoms with Gasteiger partial charge < -0.3 is 15.5 Å². The van der Waals surface area contributed by atoms with Gasteiger partial charge in [-0.3, -0.25) is 4.79 Å². The first-order valence-electron chi connectivity index (χ1n) is 11.4. The number of carbonyl (C=O) groups is 2. The minimum absolute atomic E-state index is 0.00817. The van der Waals surface area contributed by atoms with Crippen molar-refractivity contribution < 1.29 is 9.59 Å². The van der Waals surface area contributed by atoms with Crippen molar-refractivity contribution in [3.8, 4) is 0 Å². The Bertz CT molecular complexity index is 657. The number of hydrogen-bond acceptors (Lipinski definition) is 2. The Labute approximate surface area is 175 Å². The fourth-order valence-electron chi connectivity index (χ4n) is 4.57. The van der Waals surface area contributed by atoms with Crippen molar-refractivity contribution >= 4 is 11.9 Å². The average Bonchev–Trinajstić information content (AvgIpc) is 2.77. The zero-order valence-electron chi connectivity index (χ0n) is 18.1. The Morgan fingerprint density at radius 3 is 2.17 bits per heavy atom. The lowest BCUT2D eigenvalue weighted by Gasteiger charge is -2.33. The molecule has 1 heterocycles. The molecule has 0 radical (unpaired) electrons. The molecule has 2 aliphatic rings. The minimum Gasteiger partial charge on any atom is -0.352 e. The third-order valence-electron chi connectivity index (χ3n) is 6.83. The predicted molar refractivity (Wildman–Crippen MR) is 116 cm³/mol. The summed E-state index contributed by atoms with van der Waals surface area (Å²) in [5.74, 6) is 1.64. The van der Waals surface area contributed by atoms with Crippen LogP contribution in [-0.4, -0.2) is 36.5 Å². The van der Waals surface area contributed by atoms with Gasteiger partial charge in [0.25, 0.3) is 0 Å². The molecule has 3 amide bonds. The fraction of sp³-hybridized carbons (Fsp3) is 0.667. The van der Waals surface area contributed by atoms with E-state index in [2.05, 4.69) is 48.7 Å². The molecule has 5 heteroatoms. The molecule has 2 fully saturated rings. The van der Waals surface area contributed by atoms with Gasteiger partial charge in [-0.25, -0.2) is 4.79 Å². The second-order valence-corrected chi connectivity index (χ2v) is 8.95. The van der Waals surface area contributed by atoms with Crippen molar-refractivity contribution in [2.45, 2.75) is 65.3 Å². The summed E-state index contributed by atoms with van der Waals surface area (Å²) in [6, 6.07) is 8.28. The summed E-state index contributed by atoms with van der Waals surface area (Å²) < 4.78 is 0. The van der Waals surface area contributed by atoms with Gasteiger partial charge in [0.15, 0.2) is 0 Å². The Morgan fingerprint density at radius 2 is 1.55 bits per heavy atom. The first kappa shape index (κ1) is 21.7. The molecule has 0 spiro atoms. The van der Waals surface area contributed by atoms with Crippen LogP contribution in [0.5, 0.6) is 0 Å². The van der Waals surface area contributed by atoms with Crippen LogP contribution in [0.3, 0.4) is 0 Å². The highest BCUT2D eigenvalue weighted by molar-refractivity contribution is 5.79. The van der Waals surface area contributed by atoms with Gasteiger partial charge in [-0.2, -0.15) is 0 Å². The van der Waals surface area contributed by atoms with Crippen molar-refractivity contribution in [1.82, 2.24) is 15.5 Å². The maximum Gasteiger partial charge on any atom is 0.317 e. The van der Waals surface area contributed by atoms with Crippen LogP contribution in [0.25, 0.3) is 0 Å². The Balaban J connectivity index is 1.33. The maximum atomic E-state index is 12.5. The molecule has 1 aliphatic carbocycles. The van der Waals surface area contributed by atoms with Crippen LogP contribution in [-0.2, 0) is 11.3 Å². The molecule has 2 N–H and O–H groups in total. The van der Waals surface area contributed by atoms with Crippen molar-refractivity contribution in [2.75, 3.05) is 19.6 Å². The van der Waals surface area contributed by atoms with Crippen LogP contribution in [0.4, 0.5) is 4.79 Å². The lowest BCUT2D eigenvalue weighted by atomic mass is 9.81. The van der Waals surface area contributed by atoms with Gasteiger partial charge in [0, 0.05) is 32.1 Å². The van der Waals surface area contributed by atoms with Gasteiger partial charge in [0.1, 0.15) is 0 Å². The zero-order valence-corrected chi connectivity index (χ0v) is 18.1. The van der Waals surface area contributed by atoms with Gasteiger partial charge in [-0.15, -0.1) is 0 Å². The molecule has 1 saturated carbocycles. The van der Waals surface area contributed by atoms with E-state index in [4.69, 9.17) is 0 Å². The zero-order chi connectivity index (χ0) is 20.6. The maximum absolute atomic E-state index is 12.5. The molecule has 1 aromatic carbocycles. The van der Waals surface area contributed by atoms with Crippen molar-refractivity contribution in [2.24, 2.45) is 17.8 Å². The third-order valence-corrected chi connectivity index (χ3v) is 6.83. The molecule has 29 heavy (non-hydrogen) atoms. The lowest BCUT2D eigenvalue weighted by molar-refractivity contribution is -0.126. The highest BCUT2D eigenvalue weighted by Crippen LogP contribution is 2.30. The van der Waals surface area contributed by atoms with Crippen LogP contribution in [0.2, 0.25) is 0 Å². The summed E-state index contributed by atoms with van der Waals surface area (Å²) in [4.78, 5) is 26.8. The molecule has 160 valence electrons. The summed E-state index contributed by atoms with van der Waals surface area (Å²) in [5.41, 5.74) is 2.34. The van der Waals surface area contributed by atoms with Gasteiger partial charge in [0.2, 0.25) is 5.91 Å². The van der Waals surface area contributed by atoms with E-state index < -0.39 is 0 Å². The van der Waals surface area contributed by atoms with Crippen LogP contribution < -0.4 is 10.6 Å². The number of amides is 3. The molecule has 0 bridgehead atoms. The van der Waals surface area contributed by atoms with Gasteiger partial charge in [0.05, 0.1) is 0 Å². The molecule has 0 atom stereocenters. The van der Waals surface area contributed by atoms with E-state index in [-0.39, 0.29) is 17.9 Å². The van der Waals surface area contributed by atoms with Crippen LogP contribution in [0.1, 0.15) is 63.0 Å². The van der Waals surface area contributed by atoms with Crippen LogP contribution in [0.15, 0.2) is 24.3 Å². The van der Waals surface area contributed by atoms with Crippen LogP contribution >= 0.6 is 0 Å². The Hall–Kier alpha value is -2.04. The Kier molecular flexibility index (Phi) is 7.96. The fourth-order valence-corrected chi connectivity index (χ4v) is 4.57. The van der Waals surface area contributed by atoms with Gasteiger partial charge in [-0.05, 0) is 50.0 Å². The number of benzene rings is 1. The number of likely N-dealkylation sites (tertiary alicyclic amines) is 1. The molecule has 1 saturated heterocycles. The number of rotatable bonds is 6. The topological polar surface area (TPSA) is 61.4 Å². The van der Waals surface area contributed by atoms with E-state index in [1.165, 1.54) is 37.7 Å². The minimum atomic E-state index is 0.00817. The first-order chi connectivity index (χ1) is 14.0. The highest BCUT2D eigenvalue weighted by atomic mass is 16.2. The highest BCUT2D eigenvalue weighted by Gasteiger charge is 2.28. The molecule has 0 unspecified atom stereocenters. The summed E-state index contributed by atoms with van der Waals surface area (Å²) >= 11 is 0. The van der Waals surface area contributed by atoms with E-state index in [1.54, 1.807) is 0 Å². The first-order valence-corrected chi connectivity index (χ1v) is 11.4. The van der Waals surface area contributed by atoms with E-state index >= 15 is 0 Å². The lowest BCUT2D eigenvalue weighted by Crippen LogP contribution is -2.47. The molecular weight excluding hydrogens is 362 g/mol. The monoisotopic (exact) mass is 399 g/mol. The second kappa shape index (κ2) is 10.7. The van der Waals surface area contributed by atoms with E-state index in [0.717, 1.165) is 30.9 Å². The van der Waals surface area contributed by atoms with E-state index in [0.29, 0.717) is 25.6 Å². The van der Waals surface area contributed by atoms with Crippen molar-refractivity contribution in [1.29, 1.82) is 0 Å². The summed E-state index contributed by atoms with van der Waals surface area (Å²) in [5, 5.41) is 6.19. The number of aryl methyl sites for hydroxylation is 1. The third kappa shape index (κ3) is 6.48. The average molecular weight is 400 g/mol. The molecule has 3 rings (SSSR count). The molecule has 5 nitrogen and oxygen atoms in total. The van der Waals surface area contributed by atoms with E-state index in [1.807, 2.05) is 4.90 Å². The quantitative estimate of drug-likeness (QED) is 0.751. The Morgan fingerprint density at radius 1 is 0.931 bits per heavy atom. The smallest absolute Gasteiger partial charge is 0.317 e. The molecule has 1 aromatic rings. The number of piperidine rings is 1. The van der Waals surface area contributed by atoms with Gasteiger partial charge in [-0.1, -0.05) is 56.0 Å². The second-order valence-electron chi connectivity index (χ2n) is 8.95. The number of nitrogens with zero attached hydrogens (tertiary/aromatic N) is 1. The normalized spacial score (nSPS) is 22.9. The number of carbonyl (C=O) groups excluding carboxylic acids is 2. The summed E-state index contributed by atoms with van der Waals surface area (Å²) in [6.07, 6.45) is 7.86. The largest absolute Gasteiger partial charge is 0.352 e. The SMILES string of the molecule is CCC1CCC(CNC(=O)N2CCC(C(=O)NCc3ccc(C)cc3)CC2)CC1. The van der Waals surface area contributed by atoms with Gasteiger partial charge >= 0.3 is 6.03 Å². The summed E-state index contributed by atoms with van der Waals surface area (Å²) in [7, 11) is 0.